The quantitative estimate of drug-likeness (QED) is 0.791. The Morgan fingerprint density at radius 3 is 2.44 bits per heavy atom. The number of carbonyl (C=O) groups is 1. The van der Waals surface area contributed by atoms with Gasteiger partial charge in [-0.15, -0.1) is 0 Å². The Hall–Kier alpha value is -1.42. The number of nitrogens with zero attached hydrogens (tertiary/aromatic N) is 2. The Labute approximate surface area is 102 Å². The molecule has 3 nitrogen and oxygen atoms in total. The van der Waals surface area contributed by atoms with Crippen molar-refractivity contribution in [2.24, 2.45) is 0 Å². The second-order valence-corrected chi connectivity index (χ2v) is 4.42. The lowest BCUT2D eigenvalue weighted by Crippen LogP contribution is -1.94. The molecular weight excluding hydrogens is 268 g/mol. The average Bonchev–Trinajstić information content (AvgIpc) is 2.61. The highest BCUT2D eigenvalue weighted by molar-refractivity contribution is 9.10. The third-order valence-corrected chi connectivity index (χ3v) is 2.93. The standard InChI is InChI=1S/C12H11BrN2O/c1-8-3-5-10(6-4-8)15-7-11(9(2)16)12(13)14-15/h3-7H,1-2H3. The first-order valence-electron chi connectivity index (χ1n) is 4.91. The first kappa shape index (κ1) is 11.1. The smallest absolute Gasteiger partial charge is 0.164 e. The van der Waals surface area contributed by atoms with Crippen LogP contribution in [0.25, 0.3) is 5.69 Å². The summed E-state index contributed by atoms with van der Waals surface area (Å²) in [7, 11) is 0. The van der Waals surface area contributed by atoms with Gasteiger partial charge in [0.15, 0.2) is 5.78 Å². The van der Waals surface area contributed by atoms with Crippen LogP contribution < -0.4 is 0 Å². The molecule has 2 rings (SSSR count). The minimum Gasteiger partial charge on any atom is -0.294 e. The maximum Gasteiger partial charge on any atom is 0.164 e. The fraction of sp³-hybridized carbons (Fsp3) is 0.167. The van der Waals surface area contributed by atoms with Crippen LogP contribution in [0.2, 0.25) is 0 Å². The van der Waals surface area contributed by atoms with E-state index >= 15 is 0 Å². The summed E-state index contributed by atoms with van der Waals surface area (Å²) in [6.07, 6.45) is 1.73. The molecule has 0 unspecified atom stereocenters. The van der Waals surface area contributed by atoms with Crippen LogP contribution in [0.3, 0.4) is 0 Å². The Morgan fingerprint density at radius 1 is 1.31 bits per heavy atom. The molecule has 0 aliphatic heterocycles. The lowest BCUT2D eigenvalue weighted by Gasteiger charge is -2.00. The topological polar surface area (TPSA) is 34.9 Å². The van der Waals surface area contributed by atoms with Gasteiger partial charge in [0.25, 0.3) is 0 Å². The lowest BCUT2D eigenvalue weighted by atomic mass is 10.2. The SMILES string of the molecule is CC(=O)c1cn(-c2ccc(C)cc2)nc1Br. The van der Waals surface area contributed by atoms with Crippen molar-refractivity contribution in [3.8, 4) is 5.69 Å². The zero-order valence-corrected chi connectivity index (χ0v) is 10.7. The fourth-order valence-corrected chi connectivity index (χ4v) is 1.97. The molecule has 1 heterocycles. The van der Waals surface area contributed by atoms with Crippen LogP contribution in [0.5, 0.6) is 0 Å². The predicted molar refractivity (Wildman–Crippen MR) is 66.0 cm³/mol. The van der Waals surface area contributed by atoms with Crippen LogP contribution in [0, 0.1) is 6.92 Å². The molecule has 1 aromatic heterocycles. The van der Waals surface area contributed by atoms with Gasteiger partial charge >= 0.3 is 0 Å². The van der Waals surface area contributed by atoms with E-state index in [1.807, 2.05) is 31.2 Å². The molecule has 82 valence electrons. The van der Waals surface area contributed by atoms with E-state index in [1.165, 1.54) is 12.5 Å². The van der Waals surface area contributed by atoms with Gasteiger partial charge in [0.1, 0.15) is 4.60 Å². The van der Waals surface area contributed by atoms with Crippen LogP contribution in [0.4, 0.5) is 0 Å². The molecule has 0 bridgehead atoms. The first-order valence-corrected chi connectivity index (χ1v) is 5.70. The van der Waals surface area contributed by atoms with Gasteiger partial charge in [0.2, 0.25) is 0 Å². The van der Waals surface area contributed by atoms with Crippen molar-refractivity contribution in [1.29, 1.82) is 0 Å². The highest BCUT2D eigenvalue weighted by atomic mass is 79.9. The van der Waals surface area contributed by atoms with Crippen molar-refractivity contribution in [1.82, 2.24) is 9.78 Å². The second-order valence-electron chi connectivity index (χ2n) is 3.67. The minimum absolute atomic E-state index is 0.00485. The Bertz CT molecular complexity index is 528. The van der Waals surface area contributed by atoms with E-state index in [9.17, 15) is 4.79 Å². The molecule has 1 aromatic carbocycles. The number of aromatic nitrogens is 2. The third kappa shape index (κ3) is 2.07. The number of halogens is 1. The van der Waals surface area contributed by atoms with Gasteiger partial charge in [-0.2, -0.15) is 5.10 Å². The number of Topliss-reactive ketones (excluding diaryl/α,β-unsaturated/α-hetero) is 1. The van der Waals surface area contributed by atoms with Crippen LogP contribution in [-0.2, 0) is 0 Å². The van der Waals surface area contributed by atoms with Crippen LogP contribution in [0.15, 0.2) is 35.1 Å². The molecule has 4 heteroatoms. The summed E-state index contributed by atoms with van der Waals surface area (Å²) in [5.74, 6) is 0.00485. The minimum atomic E-state index is 0.00485. The van der Waals surface area contributed by atoms with Crippen molar-refractivity contribution >= 4 is 21.7 Å². The van der Waals surface area contributed by atoms with Gasteiger partial charge in [-0.1, -0.05) is 17.7 Å². The number of ketones is 1. The normalized spacial score (nSPS) is 10.4. The molecule has 0 aliphatic rings. The number of benzene rings is 1. The molecule has 0 aliphatic carbocycles. The van der Waals surface area contributed by atoms with Gasteiger partial charge in [0, 0.05) is 6.20 Å². The maximum absolute atomic E-state index is 11.3. The first-order chi connectivity index (χ1) is 7.58. The number of rotatable bonds is 2. The number of aryl methyl sites for hydroxylation is 1. The third-order valence-electron chi connectivity index (χ3n) is 2.35. The summed E-state index contributed by atoms with van der Waals surface area (Å²) in [5.41, 5.74) is 2.74. The van der Waals surface area contributed by atoms with Crippen molar-refractivity contribution in [3.05, 3.63) is 46.2 Å². The maximum atomic E-state index is 11.3. The molecule has 0 saturated carbocycles. The largest absolute Gasteiger partial charge is 0.294 e. The zero-order valence-electron chi connectivity index (χ0n) is 9.07. The lowest BCUT2D eigenvalue weighted by molar-refractivity contribution is 0.101. The second kappa shape index (κ2) is 4.22. The van der Waals surface area contributed by atoms with Gasteiger partial charge < -0.3 is 0 Å². The van der Waals surface area contributed by atoms with Crippen LogP contribution >= 0.6 is 15.9 Å². The summed E-state index contributed by atoms with van der Waals surface area (Å²) < 4.78 is 2.28. The van der Waals surface area contributed by atoms with E-state index in [4.69, 9.17) is 0 Å². The Kier molecular flexibility index (Phi) is 2.92. The zero-order chi connectivity index (χ0) is 11.7. The summed E-state index contributed by atoms with van der Waals surface area (Å²) in [6.45, 7) is 3.56. The summed E-state index contributed by atoms with van der Waals surface area (Å²) in [6, 6.07) is 7.97. The summed E-state index contributed by atoms with van der Waals surface area (Å²) in [5, 5.41) is 4.24. The highest BCUT2D eigenvalue weighted by Gasteiger charge is 2.10. The predicted octanol–water partition coefficient (Wildman–Crippen LogP) is 3.15. The van der Waals surface area contributed by atoms with Crippen molar-refractivity contribution < 1.29 is 4.79 Å². The van der Waals surface area contributed by atoms with Crippen LogP contribution in [-0.4, -0.2) is 15.6 Å². The number of carbonyl (C=O) groups excluding carboxylic acids is 1. The van der Waals surface area contributed by atoms with Gasteiger partial charge in [-0.05, 0) is 41.9 Å². The summed E-state index contributed by atoms with van der Waals surface area (Å²) in [4.78, 5) is 11.3. The summed E-state index contributed by atoms with van der Waals surface area (Å²) >= 11 is 3.28. The molecular formula is C12H11BrN2O. The number of hydrogen-bond acceptors (Lipinski definition) is 2. The van der Waals surface area contributed by atoms with Gasteiger partial charge in [-0.25, -0.2) is 4.68 Å². The fourth-order valence-electron chi connectivity index (χ4n) is 1.42. The van der Waals surface area contributed by atoms with E-state index < -0.39 is 0 Å². The monoisotopic (exact) mass is 278 g/mol. The van der Waals surface area contributed by atoms with Crippen molar-refractivity contribution in [2.45, 2.75) is 13.8 Å². The van der Waals surface area contributed by atoms with Crippen molar-refractivity contribution in [2.75, 3.05) is 0 Å². The molecule has 16 heavy (non-hydrogen) atoms. The average molecular weight is 279 g/mol. The molecule has 2 aromatic rings. The van der Waals surface area contributed by atoms with E-state index in [1.54, 1.807) is 10.9 Å². The Balaban J connectivity index is 2.45. The molecule has 0 amide bonds. The molecule has 0 saturated heterocycles. The van der Waals surface area contributed by atoms with Gasteiger partial charge in [-0.3, -0.25) is 4.79 Å². The number of hydrogen-bond donors (Lipinski definition) is 0. The molecule has 0 atom stereocenters. The molecule has 0 radical (unpaired) electrons. The molecule has 0 spiro atoms. The van der Waals surface area contributed by atoms with E-state index in [2.05, 4.69) is 21.0 Å². The van der Waals surface area contributed by atoms with E-state index in [0.29, 0.717) is 10.2 Å². The Morgan fingerprint density at radius 2 is 1.94 bits per heavy atom. The molecule has 0 N–H and O–H groups in total. The van der Waals surface area contributed by atoms with Gasteiger partial charge in [0.05, 0.1) is 11.3 Å². The van der Waals surface area contributed by atoms with Crippen LogP contribution in [0.1, 0.15) is 22.8 Å². The molecule has 0 fully saturated rings. The van der Waals surface area contributed by atoms with Crippen molar-refractivity contribution in [3.63, 3.8) is 0 Å². The van der Waals surface area contributed by atoms with E-state index in [0.717, 1.165) is 5.69 Å². The highest BCUT2D eigenvalue weighted by Crippen LogP contribution is 2.18. The van der Waals surface area contributed by atoms with E-state index in [-0.39, 0.29) is 5.78 Å².